The van der Waals surface area contributed by atoms with Gasteiger partial charge in [0.2, 0.25) is 12.0 Å². The van der Waals surface area contributed by atoms with Crippen LogP contribution in [0.4, 0.5) is 55.5 Å². The maximum atomic E-state index is 15.0. The molecule has 4 aliphatic heterocycles. The minimum absolute atomic E-state index is 0.0644. The van der Waals surface area contributed by atoms with E-state index in [-0.39, 0.29) is 44.6 Å². The summed E-state index contributed by atoms with van der Waals surface area (Å²) >= 11 is 3.66. The van der Waals surface area contributed by atoms with Crippen LogP contribution < -0.4 is 35.6 Å². The molecule has 4 fully saturated rings. The number of halogens is 3. The second-order valence-corrected chi connectivity index (χ2v) is 18.3. The summed E-state index contributed by atoms with van der Waals surface area (Å²) in [5, 5.41) is 16.4. The predicted molar refractivity (Wildman–Crippen MR) is 261 cm³/mol. The number of hydrogen-bond acceptors (Lipinski definition) is 17. The Morgan fingerprint density at radius 2 is 1.09 bits per heavy atom. The van der Waals surface area contributed by atoms with Crippen LogP contribution >= 0.6 is 10.1 Å². The molecule has 0 unspecified atom stereocenters. The molecule has 414 valence electrons. The monoisotopic (exact) mass is 1120 g/mol. The first kappa shape index (κ1) is 61.6. The van der Waals surface area contributed by atoms with Crippen LogP contribution in [-0.2, 0) is 53.2 Å². The first-order chi connectivity index (χ1) is 34.9. The number of aliphatic imine (C=N–C) groups is 1. The number of cyclic esters (lactones) is 2. The summed E-state index contributed by atoms with van der Waals surface area (Å²) in [7, 11) is 6.99. The van der Waals surface area contributed by atoms with Gasteiger partial charge in [0.15, 0.2) is 6.61 Å². The van der Waals surface area contributed by atoms with Gasteiger partial charge in [-0.15, -0.1) is 0 Å². The Balaban J connectivity index is 0.000000355. The second-order valence-electron chi connectivity index (χ2n) is 18.3. The van der Waals surface area contributed by atoms with Gasteiger partial charge in [0.05, 0.1) is 48.9 Å². The molecule has 6 rings (SSSR count). The van der Waals surface area contributed by atoms with Gasteiger partial charge in [-0.05, 0) is 77.9 Å². The van der Waals surface area contributed by atoms with Crippen molar-refractivity contribution in [1.82, 2.24) is 25.8 Å². The van der Waals surface area contributed by atoms with Crippen molar-refractivity contribution in [1.29, 1.82) is 0 Å². The standard InChI is InChI=1S/C23H32FN5O7.C21H29FN4O6.C2H3NO.ClH.Cu/c1-23(2,3)36-21(32)26-12-16-13-29(22(33)35-16)15-5-6-18(17(24)11-15)27-7-9-28(10-8-27)19(30)14-34-20(31)25-4;1-21(2,3)32-19(29)23-11-15-12-26(20(30)31-15)14-4-5-17(16(22)10-14)24-6-8-25(9-7-24)18(28)13-27;1-3-2-4;;/h5-6,11,16H,7-10,12-14H2,1-4H3,(H,25,31)(H,26,32);4-5,10,15,27H,6-9,11-13H2,1-3H3,(H,23,29);1H3;1H;/q;;;;+1/p-1/t16-;15-;;;/m00.../s1. The van der Waals surface area contributed by atoms with Crippen molar-refractivity contribution in [3.63, 3.8) is 0 Å². The number of rotatable bonds is 11. The summed E-state index contributed by atoms with van der Waals surface area (Å²) < 4.78 is 55.5. The van der Waals surface area contributed by atoms with Crippen molar-refractivity contribution in [3.8, 4) is 0 Å². The van der Waals surface area contributed by atoms with E-state index in [1.807, 2.05) is 4.90 Å². The zero-order chi connectivity index (χ0) is 55.3. The molecule has 4 aliphatic rings. The summed E-state index contributed by atoms with van der Waals surface area (Å²) in [6.45, 7) is 13.2. The number of carbonyl (C=O) groups excluding carboxylic acids is 8. The van der Waals surface area contributed by atoms with Crippen molar-refractivity contribution < 1.29 is 91.0 Å². The molecule has 0 aliphatic carbocycles. The summed E-state index contributed by atoms with van der Waals surface area (Å²) in [5.41, 5.74) is 0.128. The molecular weight excluding hydrogens is 1050 g/mol. The van der Waals surface area contributed by atoms with Crippen LogP contribution in [0.25, 0.3) is 0 Å². The van der Waals surface area contributed by atoms with Crippen molar-refractivity contribution in [2.24, 2.45) is 4.99 Å². The number of isocyanates is 1. The van der Waals surface area contributed by atoms with Gasteiger partial charge in [0, 0.05) is 66.5 Å². The number of nitrogens with zero attached hydrogens (tertiary/aromatic N) is 7. The Bertz CT molecular complexity index is 2310. The first-order valence-corrected chi connectivity index (χ1v) is 24.3. The van der Waals surface area contributed by atoms with Crippen LogP contribution in [0.3, 0.4) is 0 Å². The first-order valence-electron chi connectivity index (χ1n) is 23.0. The molecule has 74 heavy (non-hydrogen) atoms. The topological polar surface area (TPSA) is 271 Å². The Morgan fingerprint density at radius 1 is 0.716 bits per heavy atom. The molecule has 0 spiro atoms. The number of nitrogens with one attached hydrogen (secondary N) is 3. The fourth-order valence-corrected chi connectivity index (χ4v) is 7.32. The molecule has 2 aromatic carbocycles. The zero-order valence-corrected chi connectivity index (χ0v) is 44.0. The Labute approximate surface area is 439 Å². The van der Waals surface area contributed by atoms with Gasteiger partial charge in [-0.2, -0.15) is 0 Å². The van der Waals surface area contributed by atoms with Gasteiger partial charge in [0.25, 0.3) is 5.91 Å². The summed E-state index contributed by atoms with van der Waals surface area (Å²) in [4.78, 5) is 104. The third-order valence-corrected chi connectivity index (χ3v) is 10.7. The molecule has 7 amide bonds. The molecule has 28 heteroatoms. The van der Waals surface area contributed by atoms with Gasteiger partial charge in [0.1, 0.15) is 41.7 Å². The molecule has 2 atom stereocenters. The van der Waals surface area contributed by atoms with E-state index in [4.69, 9.17) is 33.6 Å². The SMILES string of the molecule is CC(C)(C)OC(=O)NC[C@H]1CN(c2ccc(N3CCN(C(=O)CO)CC3)c(F)c2)C(=O)O1.CN=C=O.CNC(=O)OCC(=O)N1CCN(c2ccc(N3C[C@H](CNC(=O)OC(C)(C)C)OC3=O)cc2F)CC1.[Cl][Cu]. The van der Waals surface area contributed by atoms with E-state index in [1.54, 1.807) is 75.6 Å². The summed E-state index contributed by atoms with van der Waals surface area (Å²) in [5.74, 6) is -1.67. The van der Waals surface area contributed by atoms with Crippen LogP contribution in [0.2, 0.25) is 0 Å². The number of hydrogen-bond donors (Lipinski definition) is 4. The molecule has 0 radical (unpaired) electrons. The van der Waals surface area contributed by atoms with E-state index >= 15 is 0 Å². The molecule has 4 N–H and O–H groups in total. The maximum absolute atomic E-state index is 15.0. The van der Waals surface area contributed by atoms with E-state index in [0.29, 0.717) is 75.1 Å². The van der Waals surface area contributed by atoms with E-state index in [9.17, 15) is 42.3 Å². The third-order valence-electron chi connectivity index (χ3n) is 10.7. The average Bonchev–Trinajstić information content (AvgIpc) is 3.94. The molecule has 2 aromatic rings. The Kier molecular flexibility index (Phi) is 24.4. The van der Waals surface area contributed by atoms with Crippen LogP contribution in [0.5, 0.6) is 0 Å². The second kappa shape index (κ2) is 29.3. The van der Waals surface area contributed by atoms with Gasteiger partial charge < -0.3 is 64.3 Å². The van der Waals surface area contributed by atoms with E-state index in [2.05, 4.69) is 46.1 Å². The molecule has 4 heterocycles. The van der Waals surface area contributed by atoms with Gasteiger partial charge >= 0.3 is 55.7 Å². The number of anilines is 4. The number of carbonyl (C=O) groups is 7. The number of ether oxygens (including phenoxy) is 5. The van der Waals surface area contributed by atoms with E-state index in [0.717, 1.165) is 0 Å². The summed E-state index contributed by atoms with van der Waals surface area (Å²) in [6, 6.07) is 8.96. The number of aliphatic hydroxyl groups is 1. The third kappa shape index (κ3) is 19.6. The van der Waals surface area contributed by atoms with Gasteiger partial charge in [-0.25, -0.2) is 42.5 Å². The van der Waals surface area contributed by atoms with Crippen molar-refractivity contribution in [2.45, 2.75) is 65.0 Å². The Hall–Kier alpha value is -6.66. The number of amides is 7. The Morgan fingerprint density at radius 3 is 1.42 bits per heavy atom. The molecular formula is C46H64ClCuF2N10O14. The van der Waals surface area contributed by atoms with Gasteiger partial charge in [-0.3, -0.25) is 19.4 Å². The van der Waals surface area contributed by atoms with Crippen LogP contribution in [0.1, 0.15) is 41.5 Å². The van der Waals surface area contributed by atoms with Crippen molar-refractivity contribution >= 4 is 81.2 Å². The molecule has 24 nitrogen and oxygen atoms in total. The van der Waals surface area contributed by atoms with E-state index in [1.165, 1.54) is 47.0 Å². The fourth-order valence-electron chi connectivity index (χ4n) is 7.32. The fraction of sp³-hybridized carbons (Fsp3) is 0.565. The average molecular weight is 1120 g/mol. The molecule has 0 bridgehead atoms. The number of piperazine rings is 2. The number of benzene rings is 2. The van der Waals surface area contributed by atoms with Crippen LogP contribution in [0.15, 0.2) is 41.4 Å². The predicted octanol–water partition coefficient (Wildman–Crippen LogP) is 3.64. The van der Waals surface area contributed by atoms with Crippen molar-refractivity contribution in [3.05, 3.63) is 48.0 Å². The van der Waals surface area contributed by atoms with Crippen molar-refractivity contribution in [2.75, 3.05) is 125 Å². The quantitative estimate of drug-likeness (QED) is 0.108. The summed E-state index contributed by atoms with van der Waals surface area (Å²) in [6.07, 6.45) is -3.05. The van der Waals surface area contributed by atoms with Crippen LogP contribution in [0, 0.1) is 11.6 Å². The minimum atomic E-state index is -0.684. The van der Waals surface area contributed by atoms with Crippen LogP contribution in [-0.4, -0.2) is 193 Å². The van der Waals surface area contributed by atoms with E-state index < -0.39 is 72.1 Å². The number of alkyl carbamates (subject to hydrolysis) is 3. The van der Waals surface area contributed by atoms with Gasteiger partial charge in [-0.1, -0.05) is 0 Å². The zero-order valence-electron chi connectivity index (χ0n) is 42.3. The molecule has 0 saturated carbocycles. The normalized spacial score (nSPS) is 17.3. The number of aliphatic hydroxyl groups excluding tert-OH is 1. The molecule has 0 aromatic heterocycles. The molecule has 4 saturated heterocycles.